The van der Waals surface area contributed by atoms with Crippen molar-refractivity contribution in [1.29, 1.82) is 0 Å². The Labute approximate surface area is 149 Å². The van der Waals surface area contributed by atoms with Gasteiger partial charge in [0.15, 0.2) is 11.5 Å². The molecule has 0 unspecified atom stereocenters. The number of nitrogens with two attached hydrogens (primary N) is 1. The summed E-state index contributed by atoms with van der Waals surface area (Å²) in [5, 5.41) is 0. The van der Waals surface area contributed by atoms with Crippen molar-refractivity contribution >= 4 is 10.0 Å². The lowest BCUT2D eigenvalue weighted by atomic mass is 10.1. The van der Waals surface area contributed by atoms with Gasteiger partial charge in [0.05, 0.1) is 19.1 Å². The van der Waals surface area contributed by atoms with Gasteiger partial charge in [-0.25, -0.2) is 13.1 Å². The molecule has 0 spiro atoms. The van der Waals surface area contributed by atoms with E-state index in [1.165, 1.54) is 7.11 Å². The molecule has 0 saturated heterocycles. The molecular formula is C18H24N2O4S. The number of sulfonamides is 1. The minimum Gasteiger partial charge on any atom is -0.493 e. The molecule has 2 aromatic rings. The summed E-state index contributed by atoms with van der Waals surface area (Å²) in [5.41, 5.74) is 7.34. The molecule has 0 heterocycles. The Balaban J connectivity index is 2.06. The highest BCUT2D eigenvalue weighted by Gasteiger charge is 2.14. The van der Waals surface area contributed by atoms with Crippen LogP contribution >= 0.6 is 0 Å². The fraction of sp³-hybridized carbons (Fsp3) is 0.333. The van der Waals surface area contributed by atoms with E-state index < -0.39 is 10.0 Å². The second kappa shape index (κ2) is 8.84. The number of rotatable bonds is 9. The average molecular weight is 364 g/mol. The van der Waals surface area contributed by atoms with Gasteiger partial charge in [0.1, 0.15) is 0 Å². The zero-order valence-corrected chi connectivity index (χ0v) is 15.3. The molecule has 136 valence electrons. The van der Waals surface area contributed by atoms with Crippen LogP contribution in [0.4, 0.5) is 0 Å². The van der Waals surface area contributed by atoms with E-state index in [1.807, 2.05) is 12.1 Å². The van der Waals surface area contributed by atoms with Gasteiger partial charge < -0.3 is 15.2 Å². The maximum Gasteiger partial charge on any atom is 0.240 e. The van der Waals surface area contributed by atoms with Gasteiger partial charge in [0.25, 0.3) is 0 Å². The molecule has 0 fully saturated rings. The first-order valence-electron chi connectivity index (χ1n) is 7.99. The second-order valence-electron chi connectivity index (χ2n) is 5.55. The van der Waals surface area contributed by atoms with E-state index in [0.717, 1.165) is 24.0 Å². The van der Waals surface area contributed by atoms with Crippen LogP contribution in [0.3, 0.4) is 0 Å². The smallest absolute Gasteiger partial charge is 0.240 e. The summed E-state index contributed by atoms with van der Waals surface area (Å²) in [7, 11) is -0.485. The van der Waals surface area contributed by atoms with E-state index in [1.54, 1.807) is 37.4 Å². The molecule has 0 aliphatic carbocycles. The van der Waals surface area contributed by atoms with Gasteiger partial charge >= 0.3 is 0 Å². The van der Waals surface area contributed by atoms with Crippen molar-refractivity contribution in [2.75, 3.05) is 20.8 Å². The van der Waals surface area contributed by atoms with Crippen molar-refractivity contribution in [1.82, 2.24) is 4.72 Å². The number of hydrogen-bond donors (Lipinski definition) is 2. The monoisotopic (exact) mass is 364 g/mol. The molecular weight excluding hydrogens is 340 g/mol. The van der Waals surface area contributed by atoms with E-state index in [-0.39, 0.29) is 11.4 Å². The number of aryl methyl sites for hydroxylation is 1. The van der Waals surface area contributed by atoms with E-state index in [0.29, 0.717) is 18.0 Å². The molecule has 0 saturated carbocycles. The maximum atomic E-state index is 12.4. The topological polar surface area (TPSA) is 90.7 Å². The predicted octanol–water partition coefficient (Wildman–Crippen LogP) is 2.07. The van der Waals surface area contributed by atoms with Crippen LogP contribution in [0.15, 0.2) is 47.4 Å². The Morgan fingerprint density at radius 1 is 0.960 bits per heavy atom. The Kier molecular flexibility index (Phi) is 6.81. The van der Waals surface area contributed by atoms with Crippen molar-refractivity contribution in [3.8, 4) is 11.5 Å². The standard InChI is InChI=1S/C18H24N2O4S/c1-23-17-10-7-15(12-18(17)24-2)13-20-25(21,22)16-8-5-14(6-9-16)4-3-11-19/h5-10,12,20H,3-4,11,13,19H2,1-2H3. The molecule has 2 aromatic carbocycles. The van der Waals surface area contributed by atoms with E-state index in [2.05, 4.69) is 4.72 Å². The minimum absolute atomic E-state index is 0.164. The summed E-state index contributed by atoms with van der Waals surface area (Å²) in [4.78, 5) is 0.240. The summed E-state index contributed by atoms with van der Waals surface area (Å²) in [6, 6.07) is 12.2. The minimum atomic E-state index is -3.58. The summed E-state index contributed by atoms with van der Waals surface area (Å²) in [5.74, 6) is 1.16. The van der Waals surface area contributed by atoms with Gasteiger partial charge in [0.2, 0.25) is 10.0 Å². The van der Waals surface area contributed by atoms with Gasteiger partial charge in [-0.15, -0.1) is 0 Å². The van der Waals surface area contributed by atoms with Crippen LogP contribution in [0.1, 0.15) is 17.5 Å². The third-order valence-corrected chi connectivity index (χ3v) is 5.23. The second-order valence-corrected chi connectivity index (χ2v) is 7.32. The highest BCUT2D eigenvalue weighted by atomic mass is 32.2. The SMILES string of the molecule is COc1ccc(CNS(=O)(=O)c2ccc(CCCN)cc2)cc1OC. The van der Waals surface area contributed by atoms with Crippen molar-refractivity contribution in [2.24, 2.45) is 5.73 Å². The van der Waals surface area contributed by atoms with Crippen molar-refractivity contribution < 1.29 is 17.9 Å². The number of ether oxygens (including phenoxy) is 2. The fourth-order valence-electron chi connectivity index (χ4n) is 2.39. The van der Waals surface area contributed by atoms with Gasteiger partial charge in [0, 0.05) is 6.54 Å². The van der Waals surface area contributed by atoms with Crippen LogP contribution in [0, 0.1) is 0 Å². The third kappa shape index (κ3) is 5.19. The van der Waals surface area contributed by atoms with Gasteiger partial charge in [-0.1, -0.05) is 18.2 Å². The first-order valence-corrected chi connectivity index (χ1v) is 9.48. The van der Waals surface area contributed by atoms with Crippen molar-refractivity contribution in [2.45, 2.75) is 24.3 Å². The summed E-state index contributed by atoms with van der Waals surface area (Å²) >= 11 is 0. The van der Waals surface area contributed by atoms with Gasteiger partial charge in [-0.2, -0.15) is 0 Å². The molecule has 0 bridgehead atoms. The van der Waals surface area contributed by atoms with E-state index >= 15 is 0 Å². The van der Waals surface area contributed by atoms with Gasteiger partial charge in [-0.3, -0.25) is 0 Å². The molecule has 0 aromatic heterocycles. The number of benzene rings is 2. The number of hydrogen-bond acceptors (Lipinski definition) is 5. The molecule has 0 atom stereocenters. The fourth-order valence-corrected chi connectivity index (χ4v) is 3.41. The Morgan fingerprint density at radius 2 is 1.60 bits per heavy atom. The molecule has 0 aliphatic rings. The van der Waals surface area contributed by atoms with Crippen molar-refractivity contribution in [3.63, 3.8) is 0 Å². The Hall–Kier alpha value is -2.09. The molecule has 0 amide bonds. The lowest BCUT2D eigenvalue weighted by Crippen LogP contribution is -2.23. The molecule has 3 N–H and O–H groups in total. The Morgan fingerprint density at radius 3 is 2.20 bits per heavy atom. The Bertz CT molecular complexity index is 789. The lowest BCUT2D eigenvalue weighted by molar-refractivity contribution is 0.354. The zero-order chi connectivity index (χ0) is 18.3. The predicted molar refractivity (Wildman–Crippen MR) is 97.4 cm³/mol. The quantitative estimate of drug-likeness (QED) is 0.711. The molecule has 0 radical (unpaired) electrons. The maximum absolute atomic E-state index is 12.4. The number of nitrogens with one attached hydrogen (secondary N) is 1. The molecule has 0 aliphatic heterocycles. The summed E-state index contributed by atoms with van der Waals surface area (Å²) in [6.07, 6.45) is 1.72. The highest BCUT2D eigenvalue weighted by Crippen LogP contribution is 2.27. The first-order chi connectivity index (χ1) is 12.0. The van der Waals surface area contributed by atoms with Crippen LogP contribution < -0.4 is 19.9 Å². The largest absolute Gasteiger partial charge is 0.493 e. The number of methoxy groups -OCH3 is 2. The average Bonchev–Trinajstić information content (AvgIpc) is 2.64. The summed E-state index contributed by atoms with van der Waals surface area (Å²) < 4.78 is 37.8. The van der Waals surface area contributed by atoms with E-state index in [4.69, 9.17) is 15.2 Å². The van der Waals surface area contributed by atoms with Crippen LogP contribution in [-0.4, -0.2) is 29.2 Å². The van der Waals surface area contributed by atoms with Crippen LogP contribution in [0.2, 0.25) is 0 Å². The van der Waals surface area contributed by atoms with Crippen LogP contribution in [0.25, 0.3) is 0 Å². The molecule has 25 heavy (non-hydrogen) atoms. The normalized spacial score (nSPS) is 11.3. The molecule has 7 heteroatoms. The van der Waals surface area contributed by atoms with Gasteiger partial charge in [-0.05, 0) is 54.8 Å². The molecule has 2 rings (SSSR count). The zero-order valence-electron chi connectivity index (χ0n) is 14.5. The van der Waals surface area contributed by atoms with Crippen molar-refractivity contribution in [3.05, 3.63) is 53.6 Å². The first kappa shape index (κ1) is 19.2. The van der Waals surface area contributed by atoms with Crippen LogP contribution in [-0.2, 0) is 23.0 Å². The van der Waals surface area contributed by atoms with Crippen LogP contribution in [0.5, 0.6) is 11.5 Å². The van der Waals surface area contributed by atoms with E-state index in [9.17, 15) is 8.42 Å². The molecule has 6 nitrogen and oxygen atoms in total. The lowest BCUT2D eigenvalue weighted by Gasteiger charge is -2.11. The highest BCUT2D eigenvalue weighted by molar-refractivity contribution is 7.89. The summed E-state index contributed by atoms with van der Waals surface area (Å²) in [6.45, 7) is 0.782. The third-order valence-electron chi connectivity index (χ3n) is 3.82.